The number of aromatic nitrogens is 2. The van der Waals surface area contributed by atoms with Crippen LogP contribution in [0.25, 0.3) is 0 Å². The number of benzene rings is 2. The van der Waals surface area contributed by atoms with E-state index in [0.717, 1.165) is 18.7 Å². The first kappa shape index (κ1) is 16.9. The second kappa shape index (κ2) is 6.99. The van der Waals surface area contributed by atoms with E-state index in [-0.39, 0.29) is 11.7 Å². The minimum Gasteiger partial charge on any atom is -0.322 e. The molecule has 6 heteroatoms. The van der Waals surface area contributed by atoms with Crippen LogP contribution in [-0.2, 0) is 6.42 Å². The maximum Gasteiger partial charge on any atom is 0.258 e. The molecule has 134 valence electrons. The van der Waals surface area contributed by atoms with Crippen molar-refractivity contribution in [1.82, 2.24) is 9.97 Å². The van der Waals surface area contributed by atoms with Crippen molar-refractivity contribution >= 4 is 29.0 Å². The fourth-order valence-corrected chi connectivity index (χ4v) is 3.12. The summed E-state index contributed by atoms with van der Waals surface area (Å²) in [6, 6.07) is 14.9. The number of amides is 1. The lowest BCUT2D eigenvalue weighted by Gasteiger charge is -2.16. The van der Waals surface area contributed by atoms with Gasteiger partial charge in [0.25, 0.3) is 5.91 Å². The summed E-state index contributed by atoms with van der Waals surface area (Å²) >= 11 is 0. The summed E-state index contributed by atoms with van der Waals surface area (Å²) in [5.74, 6) is 0.279. The molecule has 0 radical (unpaired) electrons. The Hall–Kier alpha value is -3.54. The molecule has 0 saturated carbocycles. The van der Waals surface area contributed by atoms with Crippen LogP contribution in [0, 0.1) is 0 Å². The number of carbonyl (C=O) groups is 2. The van der Waals surface area contributed by atoms with Crippen LogP contribution in [0.4, 0.5) is 17.3 Å². The molecule has 6 nitrogen and oxygen atoms in total. The van der Waals surface area contributed by atoms with Gasteiger partial charge in [-0.25, -0.2) is 9.97 Å². The van der Waals surface area contributed by atoms with Crippen molar-refractivity contribution < 1.29 is 9.59 Å². The van der Waals surface area contributed by atoms with E-state index >= 15 is 0 Å². The first-order valence-electron chi connectivity index (χ1n) is 8.71. The zero-order valence-corrected chi connectivity index (χ0v) is 14.8. The molecule has 1 aliphatic rings. The lowest BCUT2D eigenvalue weighted by molar-refractivity contribution is 0.101. The Labute approximate surface area is 156 Å². The number of Topliss-reactive ketones (excluding diaryl/α,β-unsaturated/α-hetero) is 1. The molecule has 4 rings (SSSR count). The van der Waals surface area contributed by atoms with Crippen LogP contribution in [0.1, 0.15) is 33.2 Å². The minimum atomic E-state index is -0.293. The zero-order chi connectivity index (χ0) is 18.8. The number of carbonyl (C=O) groups excluding carboxylic acids is 2. The Bertz CT molecular complexity index is 997. The molecule has 0 atom stereocenters. The third kappa shape index (κ3) is 3.42. The summed E-state index contributed by atoms with van der Waals surface area (Å²) in [6.45, 7) is 2.33. The molecule has 0 spiro atoms. The topological polar surface area (TPSA) is 75.2 Å². The number of nitrogens with zero attached hydrogens (tertiary/aromatic N) is 3. The number of fused-ring (bicyclic) bond motifs is 1. The number of hydrogen-bond acceptors (Lipinski definition) is 5. The van der Waals surface area contributed by atoms with Gasteiger partial charge in [-0.2, -0.15) is 0 Å². The monoisotopic (exact) mass is 358 g/mol. The molecule has 2 heterocycles. The Kier molecular flexibility index (Phi) is 4.38. The summed E-state index contributed by atoms with van der Waals surface area (Å²) in [7, 11) is 0. The van der Waals surface area contributed by atoms with Crippen molar-refractivity contribution in [1.29, 1.82) is 0 Å². The lowest BCUT2D eigenvalue weighted by atomic mass is 10.1. The van der Waals surface area contributed by atoms with Gasteiger partial charge in [0.2, 0.25) is 5.95 Å². The maximum absolute atomic E-state index is 12.4. The second-order valence-corrected chi connectivity index (χ2v) is 6.39. The summed E-state index contributed by atoms with van der Waals surface area (Å²) in [6.07, 6.45) is 4.02. The Morgan fingerprint density at radius 3 is 2.37 bits per heavy atom. The van der Waals surface area contributed by atoms with Gasteiger partial charge in [-0.05, 0) is 49.2 Å². The van der Waals surface area contributed by atoms with E-state index in [4.69, 9.17) is 0 Å². The largest absolute Gasteiger partial charge is 0.322 e. The highest BCUT2D eigenvalue weighted by molar-refractivity contribution is 6.04. The van der Waals surface area contributed by atoms with Gasteiger partial charge in [-0.1, -0.05) is 18.2 Å². The molecule has 1 aromatic heterocycles. The molecule has 0 fully saturated rings. The molecule has 0 aliphatic carbocycles. The first-order valence-corrected chi connectivity index (χ1v) is 8.71. The van der Waals surface area contributed by atoms with E-state index in [2.05, 4.69) is 32.3 Å². The first-order chi connectivity index (χ1) is 13.1. The van der Waals surface area contributed by atoms with Crippen molar-refractivity contribution in [2.45, 2.75) is 13.3 Å². The van der Waals surface area contributed by atoms with Gasteiger partial charge < -0.3 is 10.2 Å². The van der Waals surface area contributed by atoms with E-state index in [0.29, 0.717) is 22.8 Å². The molecule has 0 bridgehead atoms. The Balaban J connectivity index is 1.47. The van der Waals surface area contributed by atoms with Crippen molar-refractivity contribution in [2.24, 2.45) is 0 Å². The number of para-hydroxylation sites is 1. The number of hydrogen-bond donors (Lipinski definition) is 1. The standard InChI is InChI=1S/C21H18N4O2/c1-14(26)15-6-8-18(9-7-15)24-20(27)17-12-22-21(23-13-17)25-11-10-16-4-2-3-5-19(16)25/h2-9,12-13H,10-11H2,1H3,(H,24,27). The van der Waals surface area contributed by atoms with Crippen LogP contribution < -0.4 is 10.2 Å². The number of anilines is 3. The number of nitrogens with one attached hydrogen (secondary N) is 1. The molecular formula is C21H18N4O2. The highest BCUT2D eigenvalue weighted by Crippen LogP contribution is 2.31. The minimum absolute atomic E-state index is 0.0136. The van der Waals surface area contributed by atoms with Gasteiger partial charge in [0, 0.05) is 35.9 Å². The number of rotatable bonds is 4. The molecule has 1 N–H and O–H groups in total. The predicted molar refractivity (Wildman–Crippen MR) is 104 cm³/mol. The molecule has 27 heavy (non-hydrogen) atoms. The highest BCUT2D eigenvalue weighted by Gasteiger charge is 2.22. The van der Waals surface area contributed by atoms with E-state index in [1.165, 1.54) is 24.9 Å². The van der Waals surface area contributed by atoms with Crippen molar-refractivity contribution in [3.8, 4) is 0 Å². The molecule has 0 unspecified atom stereocenters. The summed E-state index contributed by atoms with van der Waals surface area (Å²) in [4.78, 5) is 34.5. The normalized spacial score (nSPS) is 12.6. The average Bonchev–Trinajstić information content (AvgIpc) is 3.12. The van der Waals surface area contributed by atoms with Gasteiger partial charge in [0.15, 0.2) is 5.78 Å². The fourth-order valence-electron chi connectivity index (χ4n) is 3.12. The van der Waals surface area contributed by atoms with Gasteiger partial charge >= 0.3 is 0 Å². The van der Waals surface area contributed by atoms with Crippen LogP contribution in [0.5, 0.6) is 0 Å². The molecular weight excluding hydrogens is 340 g/mol. The van der Waals surface area contributed by atoms with Gasteiger partial charge in [0.1, 0.15) is 0 Å². The van der Waals surface area contributed by atoms with Crippen LogP contribution in [-0.4, -0.2) is 28.2 Å². The van der Waals surface area contributed by atoms with Crippen LogP contribution in [0.15, 0.2) is 60.9 Å². The van der Waals surface area contributed by atoms with E-state index in [9.17, 15) is 9.59 Å². The molecule has 1 aliphatic heterocycles. The summed E-state index contributed by atoms with van der Waals surface area (Å²) in [5, 5.41) is 2.79. The van der Waals surface area contributed by atoms with Gasteiger partial charge in [0.05, 0.1) is 5.56 Å². The lowest BCUT2D eigenvalue weighted by Crippen LogP contribution is -2.18. The molecule has 0 saturated heterocycles. The Morgan fingerprint density at radius 2 is 1.67 bits per heavy atom. The van der Waals surface area contributed by atoms with E-state index in [1.807, 2.05) is 12.1 Å². The summed E-state index contributed by atoms with van der Waals surface area (Å²) < 4.78 is 0. The Morgan fingerprint density at radius 1 is 0.963 bits per heavy atom. The molecule has 1 amide bonds. The predicted octanol–water partition coefficient (Wildman–Crippen LogP) is 3.63. The molecule has 2 aromatic carbocycles. The van der Waals surface area contributed by atoms with Gasteiger partial charge in [-0.3, -0.25) is 9.59 Å². The van der Waals surface area contributed by atoms with E-state index < -0.39 is 0 Å². The quantitative estimate of drug-likeness (QED) is 0.721. The highest BCUT2D eigenvalue weighted by atomic mass is 16.1. The fraction of sp³-hybridized carbons (Fsp3) is 0.143. The molecule has 3 aromatic rings. The zero-order valence-electron chi connectivity index (χ0n) is 14.8. The average molecular weight is 358 g/mol. The maximum atomic E-state index is 12.4. The van der Waals surface area contributed by atoms with Crippen LogP contribution in [0.2, 0.25) is 0 Å². The van der Waals surface area contributed by atoms with Crippen molar-refractivity contribution in [3.05, 3.63) is 77.6 Å². The second-order valence-electron chi connectivity index (χ2n) is 6.39. The van der Waals surface area contributed by atoms with Crippen LogP contribution >= 0.6 is 0 Å². The van der Waals surface area contributed by atoms with Crippen LogP contribution in [0.3, 0.4) is 0 Å². The third-order valence-electron chi connectivity index (χ3n) is 4.58. The smallest absolute Gasteiger partial charge is 0.258 e. The number of ketones is 1. The van der Waals surface area contributed by atoms with Gasteiger partial charge in [-0.15, -0.1) is 0 Å². The SMILES string of the molecule is CC(=O)c1ccc(NC(=O)c2cnc(N3CCc4ccccc43)nc2)cc1. The van der Waals surface area contributed by atoms with E-state index in [1.54, 1.807) is 24.3 Å². The van der Waals surface area contributed by atoms with Crippen molar-refractivity contribution in [3.63, 3.8) is 0 Å². The van der Waals surface area contributed by atoms with Crippen molar-refractivity contribution in [2.75, 3.05) is 16.8 Å². The third-order valence-corrected chi connectivity index (χ3v) is 4.58. The summed E-state index contributed by atoms with van der Waals surface area (Å²) in [5.41, 5.74) is 3.98.